The fraction of sp³-hybridized carbons (Fsp3) is 0. The van der Waals surface area contributed by atoms with Gasteiger partial charge in [0.25, 0.3) is 0 Å². The van der Waals surface area contributed by atoms with Crippen LogP contribution >= 0.6 is 11.6 Å². The summed E-state index contributed by atoms with van der Waals surface area (Å²) >= 11 is 5.85. The highest BCUT2D eigenvalue weighted by molar-refractivity contribution is 6.33. The van der Waals surface area contributed by atoms with E-state index in [1.54, 1.807) is 12.1 Å². The number of nitrogens with two attached hydrogens (primary N) is 1. The Balaban J connectivity index is 2.19. The van der Waals surface area contributed by atoms with E-state index >= 15 is 0 Å². The number of benzene rings is 1. The minimum Gasteiger partial charge on any atom is -0.478 e. The zero-order valence-corrected chi connectivity index (χ0v) is 10.9. The number of aromatic carboxylic acids is 1. The van der Waals surface area contributed by atoms with E-state index in [1.165, 1.54) is 24.4 Å². The summed E-state index contributed by atoms with van der Waals surface area (Å²) in [4.78, 5) is 25.7. The first-order valence-corrected chi connectivity index (χ1v) is 5.91. The van der Waals surface area contributed by atoms with Crippen molar-refractivity contribution in [1.82, 2.24) is 4.98 Å². The predicted molar refractivity (Wildman–Crippen MR) is 74.4 cm³/mol. The van der Waals surface area contributed by atoms with Crippen molar-refractivity contribution in [2.75, 3.05) is 5.32 Å². The highest BCUT2D eigenvalue weighted by Crippen LogP contribution is 2.23. The summed E-state index contributed by atoms with van der Waals surface area (Å²) in [5, 5.41) is 11.9. The Morgan fingerprint density at radius 1 is 1.25 bits per heavy atom. The van der Waals surface area contributed by atoms with Gasteiger partial charge in [0.05, 0.1) is 16.1 Å². The number of nitrogens with one attached hydrogen (secondary N) is 1. The molecule has 0 saturated heterocycles. The van der Waals surface area contributed by atoms with Gasteiger partial charge in [0, 0.05) is 11.9 Å². The number of nitrogens with zero attached hydrogens (tertiary/aromatic N) is 1. The standard InChI is InChI=1S/C13H10ClN3O3/c14-10-5-8(2-3-9(10)13(19)20)17-11-4-1-7(6-16-11)12(15)18/h1-6H,(H2,15,18)(H,16,17)(H,19,20). The molecule has 6 nitrogen and oxygen atoms in total. The first-order valence-electron chi connectivity index (χ1n) is 5.53. The molecule has 1 amide bonds. The van der Waals surface area contributed by atoms with Gasteiger partial charge in [-0.2, -0.15) is 0 Å². The number of rotatable bonds is 4. The third kappa shape index (κ3) is 3.04. The van der Waals surface area contributed by atoms with Crippen molar-refractivity contribution in [3.8, 4) is 0 Å². The highest BCUT2D eigenvalue weighted by Gasteiger charge is 2.09. The predicted octanol–water partition coefficient (Wildman–Crippen LogP) is 2.28. The smallest absolute Gasteiger partial charge is 0.337 e. The van der Waals surface area contributed by atoms with Gasteiger partial charge in [-0.25, -0.2) is 9.78 Å². The molecule has 0 aliphatic heterocycles. The monoisotopic (exact) mass is 291 g/mol. The average molecular weight is 292 g/mol. The Kier molecular flexibility index (Phi) is 3.86. The maximum absolute atomic E-state index is 10.9. The molecule has 1 aromatic heterocycles. The Hall–Kier alpha value is -2.60. The van der Waals surface area contributed by atoms with Crippen molar-refractivity contribution in [3.63, 3.8) is 0 Å². The Bertz CT molecular complexity index is 671. The van der Waals surface area contributed by atoms with Crippen LogP contribution in [-0.4, -0.2) is 22.0 Å². The number of hydrogen-bond donors (Lipinski definition) is 3. The molecule has 2 aromatic rings. The van der Waals surface area contributed by atoms with Crippen LogP contribution in [0.4, 0.5) is 11.5 Å². The summed E-state index contributed by atoms with van der Waals surface area (Å²) in [7, 11) is 0. The van der Waals surface area contributed by atoms with E-state index in [2.05, 4.69) is 10.3 Å². The van der Waals surface area contributed by atoms with Gasteiger partial charge >= 0.3 is 5.97 Å². The lowest BCUT2D eigenvalue weighted by Crippen LogP contribution is -2.11. The summed E-state index contributed by atoms with van der Waals surface area (Å²) in [5.74, 6) is -1.17. The molecule has 0 aliphatic rings. The Labute approximate surface area is 119 Å². The van der Waals surface area contributed by atoms with Crippen molar-refractivity contribution in [1.29, 1.82) is 0 Å². The molecule has 0 unspecified atom stereocenters. The number of amides is 1. The van der Waals surface area contributed by atoms with Crippen molar-refractivity contribution in [2.45, 2.75) is 0 Å². The van der Waals surface area contributed by atoms with E-state index in [1.807, 2.05) is 0 Å². The number of carbonyl (C=O) groups excluding carboxylic acids is 1. The van der Waals surface area contributed by atoms with Crippen LogP contribution in [0.3, 0.4) is 0 Å². The van der Waals surface area contributed by atoms with Crippen LogP contribution in [0.15, 0.2) is 36.5 Å². The van der Waals surface area contributed by atoms with Crippen LogP contribution in [0.25, 0.3) is 0 Å². The number of pyridine rings is 1. The maximum Gasteiger partial charge on any atom is 0.337 e. The van der Waals surface area contributed by atoms with Gasteiger partial charge in [-0.3, -0.25) is 4.79 Å². The van der Waals surface area contributed by atoms with Crippen molar-refractivity contribution in [2.24, 2.45) is 5.73 Å². The summed E-state index contributed by atoms with van der Waals surface area (Å²) in [6.07, 6.45) is 1.35. The van der Waals surface area contributed by atoms with Gasteiger partial charge in [0.1, 0.15) is 5.82 Å². The number of halogens is 1. The molecule has 0 spiro atoms. The lowest BCUT2D eigenvalue weighted by molar-refractivity contribution is 0.0697. The van der Waals surface area contributed by atoms with E-state index in [-0.39, 0.29) is 10.6 Å². The molecule has 2 rings (SSSR count). The van der Waals surface area contributed by atoms with Gasteiger partial charge in [-0.15, -0.1) is 0 Å². The first kappa shape index (κ1) is 13.8. The molecule has 0 bridgehead atoms. The molecule has 0 atom stereocenters. The Morgan fingerprint density at radius 3 is 2.50 bits per heavy atom. The van der Waals surface area contributed by atoms with Crippen molar-refractivity contribution in [3.05, 3.63) is 52.7 Å². The number of carboxylic acids is 1. The SMILES string of the molecule is NC(=O)c1ccc(Nc2ccc(C(=O)O)c(Cl)c2)nc1. The second kappa shape index (κ2) is 5.58. The Morgan fingerprint density at radius 2 is 2.00 bits per heavy atom. The van der Waals surface area contributed by atoms with Gasteiger partial charge < -0.3 is 16.2 Å². The maximum atomic E-state index is 10.9. The minimum absolute atomic E-state index is 0.0225. The lowest BCUT2D eigenvalue weighted by atomic mass is 10.2. The summed E-state index contributed by atoms with van der Waals surface area (Å²) in [6, 6.07) is 7.56. The number of carboxylic acid groups (broad SMARTS) is 1. The highest BCUT2D eigenvalue weighted by atomic mass is 35.5. The molecule has 102 valence electrons. The molecule has 0 saturated carbocycles. The van der Waals surface area contributed by atoms with E-state index in [9.17, 15) is 9.59 Å². The quantitative estimate of drug-likeness (QED) is 0.801. The van der Waals surface area contributed by atoms with E-state index in [4.69, 9.17) is 22.4 Å². The topological polar surface area (TPSA) is 105 Å². The fourth-order valence-corrected chi connectivity index (χ4v) is 1.79. The molecule has 1 aromatic carbocycles. The molecule has 20 heavy (non-hydrogen) atoms. The van der Waals surface area contributed by atoms with Crippen molar-refractivity contribution >= 4 is 35.0 Å². The van der Waals surface area contributed by atoms with Crippen LogP contribution < -0.4 is 11.1 Å². The first-order chi connectivity index (χ1) is 9.47. The van der Waals surface area contributed by atoms with Gasteiger partial charge in [-0.05, 0) is 30.3 Å². The zero-order valence-electron chi connectivity index (χ0n) is 10.1. The van der Waals surface area contributed by atoms with E-state index < -0.39 is 11.9 Å². The molecule has 7 heteroatoms. The molecule has 0 aliphatic carbocycles. The summed E-state index contributed by atoms with van der Waals surface area (Å²) in [6.45, 7) is 0. The molecular weight excluding hydrogens is 282 g/mol. The largest absolute Gasteiger partial charge is 0.478 e. The van der Waals surface area contributed by atoms with Crippen LogP contribution in [0.2, 0.25) is 5.02 Å². The summed E-state index contributed by atoms with van der Waals surface area (Å²) in [5.41, 5.74) is 6.01. The van der Waals surface area contributed by atoms with Gasteiger partial charge in [0.2, 0.25) is 5.91 Å². The van der Waals surface area contributed by atoms with E-state index in [0.717, 1.165) is 0 Å². The van der Waals surface area contributed by atoms with E-state index in [0.29, 0.717) is 17.1 Å². The number of hydrogen-bond acceptors (Lipinski definition) is 4. The van der Waals surface area contributed by atoms with Gasteiger partial charge in [0.15, 0.2) is 0 Å². The van der Waals surface area contributed by atoms with Crippen LogP contribution in [0, 0.1) is 0 Å². The van der Waals surface area contributed by atoms with Gasteiger partial charge in [-0.1, -0.05) is 11.6 Å². The fourth-order valence-electron chi connectivity index (χ4n) is 1.53. The molecular formula is C13H10ClN3O3. The van der Waals surface area contributed by atoms with Crippen LogP contribution in [0.1, 0.15) is 20.7 Å². The third-order valence-corrected chi connectivity index (χ3v) is 2.83. The minimum atomic E-state index is -1.09. The average Bonchev–Trinajstić information content (AvgIpc) is 2.39. The number of anilines is 2. The molecule has 0 radical (unpaired) electrons. The van der Waals surface area contributed by atoms with Crippen LogP contribution in [-0.2, 0) is 0 Å². The van der Waals surface area contributed by atoms with Crippen LogP contribution in [0.5, 0.6) is 0 Å². The second-order valence-corrected chi connectivity index (χ2v) is 4.33. The number of primary amides is 1. The third-order valence-electron chi connectivity index (χ3n) is 2.52. The molecule has 1 heterocycles. The summed E-state index contributed by atoms with van der Waals surface area (Å²) < 4.78 is 0. The lowest BCUT2D eigenvalue weighted by Gasteiger charge is -2.07. The molecule has 0 fully saturated rings. The normalized spacial score (nSPS) is 10.1. The van der Waals surface area contributed by atoms with Crippen molar-refractivity contribution < 1.29 is 14.7 Å². The number of aromatic nitrogens is 1. The zero-order chi connectivity index (χ0) is 14.7. The second-order valence-electron chi connectivity index (χ2n) is 3.92. The molecule has 4 N–H and O–H groups in total. The number of carbonyl (C=O) groups is 2.